The standard InChI is InChI=1S/C12H10Br2N2O2/c1-16(12(17)18)11-6-15-10-3-2-7(14)4-8(10)9(11)5-13/h2-4,6H,5H2,1H3,(H,17,18). The molecule has 0 radical (unpaired) electrons. The van der Waals surface area contributed by atoms with E-state index < -0.39 is 6.09 Å². The van der Waals surface area contributed by atoms with Gasteiger partial charge >= 0.3 is 6.09 Å². The second kappa shape index (κ2) is 5.24. The summed E-state index contributed by atoms with van der Waals surface area (Å²) < 4.78 is 0.939. The van der Waals surface area contributed by atoms with E-state index in [9.17, 15) is 4.79 Å². The maximum absolute atomic E-state index is 11.0. The van der Waals surface area contributed by atoms with Crippen molar-refractivity contribution in [2.24, 2.45) is 0 Å². The van der Waals surface area contributed by atoms with Crippen LogP contribution in [-0.4, -0.2) is 23.2 Å². The molecule has 0 spiro atoms. The highest BCUT2D eigenvalue weighted by Gasteiger charge is 2.15. The molecule has 1 aromatic carbocycles. The van der Waals surface area contributed by atoms with Gasteiger partial charge in [0.2, 0.25) is 0 Å². The van der Waals surface area contributed by atoms with Crippen molar-refractivity contribution in [3.05, 3.63) is 34.4 Å². The Morgan fingerprint density at radius 1 is 1.50 bits per heavy atom. The summed E-state index contributed by atoms with van der Waals surface area (Å²) in [7, 11) is 1.51. The number of aromatic nitrogens is 1. The summed E-state index contributed by atoms with van der Waals surface area (Å²) in [4.78, 5) is 16.5. The predicted molar refractivity (Wildman–Crippen MR) is 78.5 cm³/mol. The number of fused-ring (bicyclic) bond motifs is 1. The third-order valence-corrected chi connectivity index (χ3v) is 3.75. The second-order valence-corrected chi connectivity index (χ2v) is 5.24. The number of anilines is 1. The van der Waals surface area contributed by atoms with Crippen molar-refractivity contribution < 1.29 is 9.90 Å². The van der Waals surface area contributed by atoms with Gasteiger partial charge in [-0.15, -0.1) is 0 Å². The van der Waals surface area contributed by atoms with E-state index in [2.05, 4.69) is 36.8 Å². The Morgan fingerprint density at radius 3 is 2.83 bits per heavy atom. The summed E-state index contributed by atoms with van der Waals surface area (Å²) in [6, 6.07) is 5.75. The van der Waals surface area contributed by atoms with E-state index >= 15 is 0 Å². The van der Waals surface area contributed by atoms with Gasteiger partial charge in [0.25, 0.3) is 0 Å². The topological polar surface area (TPSA) is 53.4 Å². The maximum Gasteiger partial charge on any atom is 0.411 e. The van der Waals surface area contributed by atoms with Gasteiger partial charge in [0.05, 0.1) is 17.4 Å². The molecule has 0 aliphatic rings. The number of rotatable bonds is 2. The zero-order valence-corrected chi connectivity index (χ0v) is 12.7. The van der Waals surface area contributed by atoms with E-state index in [4.69, 9.17) is 5.11 Å². The highest BCUT2D eigenvalue weighted by Crippen LogP contribution is 2.30. The van der Waals surface area contributed by atoms with Crippen molar-refractivity contribution in [2.75, 3.05) is 11.9 Å². The van der Waals surface area contributed by atoms with Crippen LogP contribution in [0.25, 0.3) is 10.9 Å². The van der Waals surface area contributed by atoms with E-state index in [1.54, 1.807) is 6.20 Å². The normalized spacial score (nSPS) is 10.6. The number of benzene rings is 1. The summed E-state index contributed by atoms with van der Waals surface area (Å²) in [6.07, 6.45) is 0.578. The van der Waals surface area contributed by atoms with Crippen LogP contribution >= 0.6 is 31.9 Å². The summed E-state index contributed by atoms with van der Waals surface area (Å²) in [5.41, 5.74) is 2.34. The molecule has 2 rings (SSSR count). The maximum atomic E-state index is 11.0. The number of hydrogen-bond acceptors (Lipinski definition) is 2. The van der Waals surface area contributed by atoms with E-state index in [-0.39, 0.29) is 0 Å². The number of carbonyl (C=O) groups is 1. The Labute approximate surface area is 121 Å². The number of hydrogen-bond donors (Lipinski definition) is 1. The fraction of sp³-hybridized carbons (Fsp3) is 0.167. The van der Waals surface area contributed by atoms with Gasteiger partial charge < -0.3 is 5.11 Å². The van der Waals surface area contributed by atoms with Gasteiger partial charge in [0, 0.05) is 22.2 Å². The lowest BCUT2D eigenvalue weighted by molar-refractivity contribution is 0.203. The zero-order chi connectivity index (χ0) is 13.3. The van der Waals surface area contributed by atoms with Gasteiger partial charge in [-0.2, -0.15) is 0 Å². The number of carboxylic acid groups (broad SMARTS) is 1. The Kier molecular flexibility index (Phi) is 3.87. The first-order valence-corrected chi connectivity index (χ1v) is 7.05. The lowest BCUT2D eigenvalue weighted by Gasteiger charge is -2.17. The molecule has 0 bridgehead atoms. The highest BCUT2D eigenvalue weighted by molar-refractivity contribution is 9.10. The summed E-state index contributed by atoms with van der Waals surface area (Å²) in [5, 5.41) is 10.6. The molecule has 0 aliphatic heterocycles. The summed E-state index contributed by atoms with van der Waals surface area (Å²) in [6.45, 7) is 0. The molecule has 0 fully saturated rings. The molecule has 94 valence electrons. The second-order valence-electron chi connectivity index (χ2n) is 3.76. The molecule has 1 aromatic heterocycles. The highest BCUT2D eigenvalue weighted by atomic mass is 79.9. The first-order valence-electron chi connectivity index (χ1n) is 5.14. The monoisotopic (exact) mass is 372 g/mol. The fourth-order valence-electron chi connectivity index (χ4n) is 1.74. The van der Waals surface area contributed by atoms with Gasteiger partial charge in [-0.05, 0) is 23.8 Å². The van der Waals surface area contributed by atoms with E-state index in [0.717, 1.165) is 20.9 Å². The van der Waals surface area contributed by atoms with Gasteiger partial charge in [-0.1, -0.05) is 31.9 Å². The molecule has 1 amide bonds. The van der Waals surface area contributed by atoms with Gasteiger partial charge in [-0.3, -0.25) is 9.88 Å². The van der Waals surface area contributed by atoms with Crippen molar-refractivity contribution in [3.63, 3.8) is 0 Å². The van der Waals surface area contributed by atoms with E-state index in [1.807, 2.05) is 18.2 Å². The first-order chi connectivity index (χ1) is 8.54. The predicted octanol–water partition coefficient (Wildman–Crippen LogP) is 4.01. The summed E-state index contributed by atoms with van der Waals surface area (Å²) >= 11 is 6.82. The first kappa shape index (κ1) is 13.3. The molecule has 0 aliphatic carbocycles. The van der Waals surface area contributed by atoms with E-state index in [0.29, 0.717) is 11.0 Å². The van der Waals surface area contributed by atoms with Crippen LogP contribution in [0.15, 0.2) is 28.9 Å². The molecule has 0 atom stereocenters. The van der Waals surface area contributed by atoms with Crippen molar-refractivity contribution in [1.82, 2.24) is 4.98 Å². The number of halogens is 2. The largest absolute Gasteiger partial charge is 0.465 e. The van der Waals surface area contributed by atoms with Crippen LogP contribution in [0.1, 0.15) is 5.56 Å². The molecule has 18 heavy (non-hydrogen) atoms. The van der Waals surface area contributed by atoms with Crippen LogP contribution in [0.4, 0.5) is 10.5 Å². The molecule has 4 nitrogen and oxygen atoms in total. The minimum Gasteiger partial charge on any atom is -0.465 e. The average molecular weight is 374 g/mol. The van der Waals surface area contributed by atoms with Crippen LogP contribution in [0.2, 0.25) is 0 Å². The molecule has 0 saturated carbocycles. The number of nitrogens with zero attached hydrogens (tertiary/aromatic N) is 2. The molecule has 0 unspecified atom stereocenters. The molecule has 0 saturated heterocycles. The van der Waals surface area contributed by atoms with Gasteiger partial charge in [0.1, 0.15) is 0 Å². The smallest absolute Gasteiger partial charge is 0.411 e. The number of pyridine rings is 1. The van der Waals surface area contributed by atoms with Crippen molar-refractivity contribution >= 4 is 54.5 Å². The van der Waals surface area contributed by atoms with Crippen LogP contribution in [0.3, 0.4) is 0 Å². The zero-order valence-electron chi connectivity index (χ0n) is 9.52. The Balaban J connectivity index is 2.72. The number of amides is 1. The minimum absolute atomic E-state index is 0.565. The van der Waals surface area contributed by atoms with Crippen molar-refractivity contribution in [1.29, 1.82) is 0 Å². The van der Waals surface area contributed by atoms with Gasteiger partial charge in [0.15, 0.2) is 0 Å². The Morgan fingerprint density at radius 2 is 2.22 bits per heavy atom. The Bertz CT molecular complexity index is 616. The Hall–Kier alpha value is -1.14. The minimum atomic E-state index is -1.01. The number of alkyl halides is 1. The van der Waals surface area contributed by atoms with Crippen LogP contribution in [0.5, 0.6) is 0 Å². The molecule has 6 heteroatoms. The van der Waals surface area contributed by atoms with E-state index in [1.165, 1.54) is 11.9 Å². The molecule has 1 heterocycles. The lowest BCUT2D eigenvalue weighted by Crippen LogP contribution is -2.25. The molecular formula is C12H10Br2N2O2. The fourth-order valence-corrected chi connectivity index (χ4v) is 2.69. The third kappa shape index (κ3) is 2.35. The van der Waals surface area contributed by atoms with Crippen molar-refractivity contribution in [2.45, 2.75) is 5.33 Å². The molecular weight excluding hydrogens is 364 g/mol. The lowest BCUT2D eigenvalue weighted by atomic mass is 10.1. The average Bonchev–Trinajstić information content (AvgIpc) is 2.36. The molecule has 1 N–H and O–H groups in total. The SMILES string of the molecule is CN(C(=O)O)c1cnc2ccc(Br)cc2c1CBr. The van der Waals surface area contributed by atoms with Gasteiger partial charge in [-0.25, -0.2) is 4.79 Å². The quantitative estimate of drug-likeness (QED) is 0.809. The molecule has 2 aromatic rings. The van der Waals surface area contributed by atoms with Crippen LogP contribution in [0, 0.1) is 0 Å². The van der Waals surface area contributed by atoms with Crippen LogP contribution in [-0.2, 0) is 5.33 Å². The van der Waals surface area contributed by atoms with Crippen LogP contribution < -0.4 is 4.90 Å². The van der Waals surface area contributed by atoms with Crippen molar-refractivity contribution in [3.8, 4) is 0 Å². The third-order valence-electron chi connectivity index (χ3n) is 2.70. The summed E-state index contributed by atoms with van der Waals surface area (Å²) in [5.74, 6) is 0.